The number of rotatable bonds is 9. The maximum absolute atomic E-state index is 5.73. The molecule has 2 aromatic heterocycles. The average Bonchev–Trinajstić information content (AvgIpc) is 3.30. The van der Waals surface area contributed by atoms with Gasteiger partial charge >= 0.3 is 0 Å². The summed E-state index contributed by atoms with van der Waals surface area (Å²) in [6, 6.07) is 11.5. The van der Waals surface area contributed by atoms with Crippen LogP contribution in [0.3, 0.4) is 0 Å². The number of benzene rings is 1. The van der Waals surface area contributed by atoms with Gasteiger partial charge in [0.15, 0.2) is 5.96 Å². The normalized spacial score (nSPS) is 10.8. The Kier molecular flexibility index (Phi) is 9.92. The van der Waals surface area contributed by atoms with Gasteiger partial charge in [-0.05, 0) is 42.8 Å². The van der Waals surface area contributed by atoms with Gasteiger partial charge in [0.25, 0.3) is 0 Å². The summed E-state index contributed by atoms with van der Waals surface area (Å²) in [7, 11) is 1.64. The topological polar surface area (TPSA) is 85.6 Å². The van der Waals surface area contributed by atoms with E-state index in [1.807, 2.05) is 60.3 Å². The minimum atomic E-state index is 0. The summed E-state index contributed by atoms with van der Waals surface area (Å²) in [5.74, 6) is 3.18. The minimum absolute atomic E-state index is 0. The fraction of sp³-hybridized carbons (Fsp3) is 0.286. The predicted molar refractivity (Wildman–Crippen MR) is 128 cm³/mol. The Bertz CT molecular complexity index is 883. The first-order valence-electron chi connectivity index (χ1n) is 9.51. The number of pyridine rings is 1. The van der Waals surface area contributed by atoms with E-state index < -0.39 is 0 Å². The molecule has 3 aromatic rings. The monoisotopic (exact) mass is 522 g/mol. The summed E-state index contributed by atoms with van der Waals surface area (Å²) in [5.41, 5.74) is 1.03. The van der Waals surface area contributed by atoms with Crippen molar-refractivity contribution in [1.82, 2.24) is 25.2 Å². The molecule has 0 aliphatic heterocycles. The van der Waals surface area contributed by atoms with Gasteiger partial charge < -0.3 is 20.1 Å². The number of ether oxygens (including phenoxy) is 2. The molecule has 0 bridgehead atoms. The maximum Gasteiger partial charge on any atom is 0.191 e. The Labute approximate surface area is 193 Å². The average molecular weight is 522 g/mol. The van der Waals surface area contributed by atoms with Crippen LogP contribution in [0.4, 0.5) is 0 Å². The Balaban J connectivity index is 0.00000320. The van der Waals surface area contributed by atoms with Crippen LogP contribution in [-0.2, 0) is 6.54 Å². The third kappa shape index (κ3) is 7.21. The van der Waals surface area contributed by atoms with Crippen molar-refractivity contribution in [3.05, 3.63) is 66.9 Å². The molecule has 160 valence electrons. The molecule has 0 radical (unpaired) electrons. The van der Waals surface area contributed by atoms with Gasteiger partial charge in [0.2, 0.25) is 0 Å². The standard InChI is InChI=1S/C21H26N6O2.HI/c1-3-23-21(24-11-13-29-19-7-5-18(28-2)6-8-19)26-15-17-4-9-20(25-14-17)27-12-10-22-16-27;/h4-10,12,14,16H,3,11,13,15H2,1-2H3,(H2,23,24,26);1H. The van der Waals surface area contributed by atoms with E-state index in [1.54, 1.807) is 19.6 Å². The van der Waals surface area contributed by atoms with E-state index in [-0.39, 0.29) is 24.0 Å². The Morgan fingerprint density at radius 2 is 1.90 bits per heavy atom. The van der Waals surface area contributed by atoms with Crippen molar-refractivity contribution in [2.45, 2.75) is 13.5 Å². The SMILES string of the molecule is CCNC(=NCc1ccc(-n2ccnc2)nc1)NCCOc1ccc(OC)cc1.I. The van der Waals surface area contributed by atoms with E-state index in [9.17, 15) is 0 Å². The van der Waals surface area contributed by atoms with E-state index in [1.165, 1.54) is 0 Å². The molecule has 0 atom stereocenters. The zero-order valence-electron chi connectivity index (χ0n) is 17.1. The van der Waals surface area contributed by atoms with Crippen LogP contribution >= 0.6 is 24.0 Å². The minimum Gasteiger partial charge on any atom is -0.497 e. The molecular formula is C21H27IN6O2. The van der Waals surface area contributed by atoms with Gasteiger partial charge in [-0.2, -0.15) is 0 Å². The number of nitrogens with zero attached hydrogens (tertiary/aromatic N) is 4. The van der Waals surface area contributed by atoms with Crippen molar-refractivity contribution in [3.8, 4) is 17.3 Å². The Morgan fingerprint density at radius 3 is 2.53 bits per heavy atom. The van der Waals surface area contributed by atoms with E-state index in [4.69, 9.17) is 9.47 Å². The Morgan fingerprint density at radius 1 is 1.10 bits per heavy atom. The van der Waals surface area contributed by atoms with Gasteiger partial charge in [0, 0.05) is 25.1 Å². The number of halogens is 1. The number of aromatic nitrogens is 3. The number of imidazole rings is 1. The summed E-state index contributed by atoms with van der Waals surface area (Å²) in [4.78, 5) is 13.1. The number of nitrogens with one attached hydrogen (secondary N) is 2. The highest BCUT2D eigenvalue weighted by molar-refractivity contribution is 14.0. The third-order valence-corrected chi connectivity index (χ3v) is 4.06. The summed E-state index contributed by atoms with van der Waals surface area (Å²) in [6.45, 7) is 4.51. The molecule has 0 spiro atoms. The van der Waals surface area contributed by atoms with Crippen LogP contribution in [0.25, 0.3) is 5.82 Å². The van der Waals surface area contributed by atoms with Gasteiger partial charge in [-0.3, -0.25) is 4.57 Å². The number of aliphatic imine (C=N–C) groups is 1. The molecule has 0 amide bonds. The fourth-order valence-corrected chi connectivity index (χ4v) is 2.58. The van der Waals surface area contributed by atoms with Crippen molar-refractivity contribution in [1.29, 1.82) is 0 Å². The fourth-order valence-electron chi connectivity index (χ4n) is 2.58. The van der Waals surface area contributed by atoms with Crippen molar-refractivity contribution in [3.63, 3.8) is 0 Å². The van der Waals surface area contributed by atoms with E-state index in [0.717, 1.165) is 35.4 Å². The van der Waals surface area contributed by atoms with Crippen LogP contribution in [0.1, 0.15) is 12.5 Å². The van der Waals surface area contributed by atoms with Crippen LogP contribution < -0.4 is 20.1 Å². The molecular weight excluding hydrogens is 495 g/mol. The zero-order valence-corrected chi connectivity index (χ0v) is 19.4. The molecule has 9 heteroatoms. The predicted octanol–water partition coefficient (Wildman–Crippen LogP) is 3.03. The molecule has 0 saturated heterocycles. The number of hydrogen-bond acceptors (Lipinski definition) is 5. The first-order valence-corrected chi connectivity index (χ1v) is 9.51. The lowest BCUT2D eigenvalue weighted by Gasteiger charge is -2.12. The highest BCUT2D eigenvalue weighted by Gasteiger charge is 2.01. The van der Waals surface area contributed by atoms with Gasteiger partial charge in [-0.1, -0.05) is 6.07 Å². The second kappa shape index (κ2) is 12.7. The van der Waals surface area contributed by atoms with Crippen LogP contribution in [0.2, 0.25) is 0 Å². The molecule has 8 nitrogen and oxygen atoms in total. The van der Waals surface area contributed by atoms with E-state index in [0.29, 0.717) is 19.7 Å². The number of hydrogen-bond donors (Lipinski definition) is 2. The highest BCUT2D eigenvalue weighted by atomic mass is 127. The molecule has 0 saturated carbocycles. The van der Waals surface area contributed by atoms with Gasteiger partial charge in [-0.15, -0.1) is 24.0 Å². The largest absolute Gasteiger partial charge is 0.497 e. The molecule has 0 aliphatic rings. The van der Waals surface area contributed by atoms with Gasteiger partial charge in [0.05, 0.1) is 20.2 Å². The van der Waals surface area contributed by atoms with Crippen molar-refractivity contribution >= 4 is 29.9 Å². The van der Waals surface area contributed by atoms with E-state index in [2.05, 4.69) is 25.6 Å². The molecule has 1 aromatic carbocycles. The van der Waals surface area contributed by atoms with E-state index >= 15 is 0 Å². The second-order valence-electron chi connectivity index (χ2n) is 6.14. The molecule has 0 unspecified atom stereocenters. The quantitative estimate of drug-likeness (QED) is 0.195. The highest BCUT2D eigenvalue weighted by Crippen LogP contribution is 2.16. The maximum atomic E-state index is 5.73. The van der Waals surface area contributed by atoms with Crippen LogP contribution in [0, 0.1) is 0 Å². The summed E-state index contributed by atoms with van der Waals surface area (Å²) >= 11 is 0. The molecule has 3 rings (SSSR count). The smallest absolute Gasteiger partial charge is 0.191 e. The zero-order chi connectivity index (χ0) is 20.3. The Hall–Kier alpha value is -2.82. The van der Waals surface area contributed by atoms with Gasteiger partial charge in [0.1, 0.15) is 30.3 Å². The van der Waals surface area contributed by atoms with Crippen molar-refractivity contribution in [2.75, 3.05) is 26.8 Å². The van der Waals surface area contributed by atoms with Crippen LogP contribution in [0.15, 0.2) is 66.3 Å². The third-order valence-electron chi connectivity index (χ3n) is 4.06. The number of methoxy groups -OCH3 is 1. The van der Waals surface area contributed by atoms with Crippen molar-refractivity contribution < 1.29 is 9.47 Å². The van der Waals surface area contributed by atoms with Crippen LogP contribution in [0.5, 0.6) is 11.5 Å². The lowest BCUT2D eigenvalue weighted by Crippen LogP contribution is -2.39. The summed E-state index contributed by atoms with van der Waals surface area (Å²) < 4.78 is 12.7. The summed E-state index contributed by atoms with van der Waals surface area (Å²) in [6.07, 6.45) is 7.14. The first-order chi connectivity index (χ1) is 14.3. The molecule has 0 fully saturated rings. The molecule has 30 heavy (non-hydrogen) atoms. The lowest BCUT2D eigenvalue weighted by atomic mass is 10.3. The van der Waals surface area contributed by atoms with Crippen molar-refractivity contribution in [2.24, 2.45) is 4.99 Å². The molecule has 2 heterocycles. The first kappa shape index (κ1) is 23.5. The lowest BCUT2D eigenvalue weighted by molar-refractivity contribution is 0.321. The van der Waals surface area contributed by atoms with Gasteiger partial charge in [-0.25, -0.2) is 15.0 Å². The molecule has 0 aliphatic carbocycles. The second-order valence-corrected chi connectivity index (χ2v) is 6.14. The number of guanidine groups is 1. The summed E-state index contributed by atoms with van der Waals surface area (Å²) in [5, 5.41) is 6.51. The molecule has 2 N–H and O–H groups in total. The van der Waals surface area contributed by atoms with Crippen LogP contribution in [-0.4, -0.2) is 47.3 Å².